The summed E-state index contributed by atoms with van der Waals surface area (Å²) in [7, 11) is 0. The summed E-state index contributed by atoms with van der Waals surface area (Å²) in [6.07, 6.45) is 1.78. The van der Waals surface area contributed by atoms with Crippen LogP contribution in [0.1, 0.15) is 19.7 Å². The number of rotatable bonds is 8. The molecule has 0 saturated heterocycles. The van der Waals surface area contributed by atoms with Gasteiger partial charge in [-0.2, -0.15) is 0 Å². The normalized spacial score (nSPS) is 11.8. The van der Waals surface area contributed by atoms with Gasteiger partial charge in [0.1, 0.15) is 11.6 Å². The molecule has 0 saturated carbocycles. The maximum absolute atomic E-state index is 12.4. The first-order chi connectivity index (χ1) is 11.5. The summed E-state index contributed by atoms with van der Waals surface area (Å²) < 4.78 is 7.32. The van der Waals surface area contributed by atoms with Gasteiger partial charge in [-0.1, -0.05) is 17.8 Å². The van der Waals surface area contributed by atoms with Crippen LogP contribution in [0.15, 0.2) is 42.1 Å². The minimum Gasteiger partial charge on any atom is -0.494 e. The number of ether oxygens (including phenoxy) is 1. The number of aryl methyl sites for hydroxylation is 1. The van der Waals surface area contributed by atoms with Crippen molar-refractivity contribution < 1.29 is 9.53 Å². The molecule has 0 fully saturated rings. The van der Waals surface area contributed by atoms with Crippen molar-refractivity contribution in [1.82, 2.24) is 14.8 Å². The monoisotopic (exact) mass is 346 g/mol. The number of nitrogens with one attached hydrogen (secondary N) is 1. The second-order valence-corrected chi connectivity index (χ2v) is 6.44. The van der Waals surface area contributed by atoms with Crippen molar-refractivity contribution >= 4 is 23.4 Å². The average molecular weight is 346 g/mol. The zero-order valence-electron chi connectivity index (χ0n) is 14.2. The maximum atomic E-state index is 12.4. The highest BCUT2D eigenvalue weighted by Gasteiger charge is 2.19. The Hall–Kier alpha value is -2.28. The van der Waals surface area contributed by atoms with Gasteiger partial charge in [0.05, 0.1) is 11.9 Å². The first kappa shape index (κ1) is 18.1. The van der Waals surface area contributed by atoms with E-state index in [-0.39, 0.29) is 11.2 Å². The molecular formula is C17H22N4O2S. The third-order valence-electron chi connectivity index (χ3n) is 3.30. The molecular weight excluding hydrogens is 324 g/mol. The Morgan fingerprint density at radius 3 is 2.75 bits per heavy atom. The van der Waals surface area contributed by atoms with Gasteiger partial charge in [0, 0.05) is 12.2 Å². The predicted molar refractivity (Wildman–Crippen MR) is 96.5 cm³/mol. The number of anilines is 1. The van der Waals surface area contributed by atoms with Gasteiger partial charge in [-0.3, -0.25) is 4.79 Å². The fourth-order valence-electron chi connectivity index (χ4n) is 2.04. The van der Waals surface area contributed by atoms with Crippen LogP contribution in [-0.4, -0.2) is 32.5 Å². The van der Waals surface area contributed by atoms with Crippen LogP contribution in [0.5, 0.6) is 5.75 Å². The van der Waals surface area contributed by atoms with E-state index in [9.17, 15) is 4.79 Å². The van der Waals surface area contributed by atoms with E-state index < -0.39 is 0 Å². The SMILES string of the molecule is C=CCn1c(C)nnc1S[C@H](C)C(=O)Nc1ccc(OCC)cc1. The smallest absolute Gasteiger partial charge is 0.237 e. The number of aromatic nitrogens is 3. The maximum Gasteiger partial charge on any atom is 0.237 e. The number of carbonyl (C=O) groups is 1. The van der Waals surface area contributed by atoms with Gasteiger partial charge in [-0.05, 0) is 45.0 Å². The Morgan fingerprint density at radius 1 is 1.42 bits per heavy atom. The summed E-state index contributed by atoms with van der Waals surface area (Å²) in [6, 6.07) is 7.32. The Bertz CT molecular complexity index is 697. The minimum absolute atomic E-state index is 0.0880. The standard InChI is InChI=1S/C17H22N4O2S/c1-5-11-21-13(4)19-20-17(21)24-12(3)16(22)18-14-7-9-15(10-8-14)23-6-2/h5,7-10,12H,1,6,11H2,2-4H3,(H,18,22)/t12-/m1/s1. The predicted octanol–water partition coefficient (Wildman–Crippen LogP) is 3.29. The zero-order chi connectivity index (χ0) is 17.5. The molecule has 1 aromatic carbocycles. The van der Waals surface area contributed by atoms with Crippen molar-refractivity contribution in [2.24, 2.45) is 0 Å². The molecule has 2 aromatic rings. The molecule has 1 heterocycles. The summed E-state index contributed by atoms with van der Waals surface area (Å²) in [4.78, 5) is 12.4. The third-order valence-corrected chi connectivity index (χ3v) is 4.38. The van der Waals surface area contributed by atoms with Crippen LogP contribution < -0.4 is 10.1 Å². The first-order valence-electron chi connectivity index (χ1n) is 7.76. The summed E-state index contributed by atoms with van der Waals surface area (Å²) >= 11 is 1.37. The van der Waals surface area contributed by atoms with Gasteiger partial charge in [-0.15, -0.1) is 16.8 Å². The highest BCUT2D eigenvalue weighted by molar-refractivity contribution is 8.00. The molecule has 0 aliphatic rings. The fourth-order valence-corrected chi connectivity index (χ4v) is 2.95. The lowest BCUT2D eigenvalue weighted by molar-refractivity contribution is -0.115. The highest BCUT2D eigenvalue weighted by Crippen LogP contribution is 2.24. The van der Waals surface area contributed by atoms with Crippen LogP contribution in [0.2, 0.25) is 0 Å². The topological polar surface area (TPSA) is 69.0 Å². The second-order valence-electron chi connectivity index (χ2n) is 5.14. The zero-order valence-corrected chi connectivity index (χ0v) is 15.0. The van der Waals surface area contributed by atoms with E-state index in [4.69, 9.17) is 4.74 Å². The lowest BCUT2D eigenvalue weighted by atomic mass is 10.3. The number of hydrogen-bond acceptors (Lipinski definition) is 5. The average Bonchev–Trinajstić information content (AvgIpc) is 2.90. The highest BCUT2D eigenvalue weighted by atomic mass is 32.2. The summed E-state index contributed by atoms with van der Waals surface area (Å²) in [5.41, 5.74) is 0.736. The van der Waals surface area contributed by atoms with Crippen molar-refractivity contribution in [2.45, 2.75) is 37.7 Å². The molecule has 0 bridgehead atoms. The Kier molecular flexibility index (Phi) is 6.43. The fraction of sp³-hybridized carbons (Fsp3) is 0.353. The molecule has 2 rings (SSSR count). The number of benzene rings is 1. The molecule has 1 aromatic heterocycles. The number of hydrogen-bond donors (Lipinski definition) is 1. The quantitative estimate of drug-likeness (QED) is 0.587. The van der Waals surface area contributed by atoms with E-state index in [1.165, 1.54) is 11.8 Å². The first-order valence-corrected chi connectivity index (χ1v) is 8.64. The van der Waals surface area contributed by atoms with E-state index in [0.29, 0.717) is 18.3 Å². The second kappa shape index (κ2) is 8.54. The van der Waals surface area contributed by atoms with Gasteiger partial charge >= 0.3 is 0 Å². The van der Waals surface area contributed by atoms with Crippen LogP contribution in [0.25, 0.3) is 0 Å². The van der Waals surface area contributed by atoms with E-state index in [0.717, 1.165) is 17.3 Å². The lowest BCUT2D eigenvalue weighted by Gasteiger charge is -2.12. The Labute approximate surface area is 146 Å². The number of nitrogens with zero attached hydrogens (tertiary/aromatic N) is 3. The summed E-state index contributed by atoms with van der Waals surface area (Å²) in [6.45, 7) is 10.6. The van der Waals surface area contributed by atoms with Gasteiger partial charge in [0.15, 0.2) is 5.16 Å². The van der Waals surface area contributed by atoms with Crippen LogP contribution in [0.4, 0.5) is 5.69 Å². The van der Waals surface area contributed by atoms with Crippen LogP contribution in [0, 0.1) is 6.92 Å². The minimum atomic E-state index is -0.302. The van der Waals surface area contributed by atoms with Gasteiger partial charge < -0.3 is 14.6 Å². The Balaban J connectivity index is 1.98. The van der Waals surface area contributed by atoms with E-state index in [1.807, 2.05) is 49.6 Å². The van der Waals surface area contributed by atoms with Gasteiger partial charge in [0.25, 0.3) is 0 Å². The van der Waals surface area contributed by atoms with E-state index in [2.05, 4.69) is 22.1 Å². The molecule has 24 heavy (non-hydrogen) atoms. The Morgan fingerprint density at radius 2 is 2.12 bits per heavy atom. The molecule has 128 valence electrons. The van der Waals surface area contributed by atoms with Crippen LogP contribution in [0.3, 0.4) is 0 Å². The van der Waals surface area contributed by atoms with Gasteiger partial charge in [-0.25, -0.2) is 0 Å². The van der Waals surface area contributed by atoms with Crippen LogP contribution >= 0.6 is 11.8 Å². The lowest BCUT2D eigenvalue weighted by Crippen LogP contribution is -2.23. The molecule has 1 N–H and O–H groups in total. The van der Waals surface area contributed by atoms with Crippen molar-refractivity contribution in [3.05, 3.63) is 42.7 Å². The largest absolute Gasteiger partial charge is 0.494 e. The molecule has 0 aliphatic heterocycles. The van der Waals surface area contributed by atoms with E-state index >= 15 is 0 Å². The van der Waals surface area contributed by atoms with Crippen molar-refractivity contribution in [3.63, 3.8) is 0 Å². The summed E-state index contributed by atoms with van der Waals surface area (Å²) in [5.74, 6) is 1.50. The number of thioether (sulfide) groups is 1. The molecule has 1 atom stereocenters. The summed E-state index contributed by atoms with van der Waals surface area (Å²) in [5, 5.41) is 11.5. The molecule has 0 aliphatic carbocycles. The number of amides is 1. The molecule has 0 radical (unpaired) electrons. The number of carbonyl (C=O) groups excluding carboxylic acids is 1. The molecule has 1 amide bonds. The molecule has 6 nitrogen and oxygen atoms in total. The van der Waals surface area contributed by atoms with Crippen molar-refractivity contribution in [3.8, 4) is 5.75 Å². The molecule has 0 unspecified atom stereocenters. The third kappa shape index (κ3) is 4.61. The van der Waals surface area contributed by atoms with Crippen LogP contribution in [-0.2, 0) is 11.3 Å². The molecule has 7 heteroatoms. The van der Waals surface area contributed by atoms with Crippen molar-refractivity contribution in [1.29, 1.82) is 0 Å². The number of allylic oxidation sites excluding steroid dienone is 1. The van der Waals surface area contributed by atoms with Gasteiger partial charge in [0.2, 0.25) is 5.91 Å². The van der Waals surface area contributed by atoms with Crippen molar-refractivity contribution in [2.75, 3.05) is 11.9 Å². The van der Waals surface area contributed by atoms with E-state index in [1.54, 1.807) is 6.08 Å². The molecule has 0 spiro atoms.